The third-order valence-corrected chi connectivity index (χ3v) is 7.34. The molecule has 1 aliphatic heterocycles. The molecule has 162 valence electrons. The Balaban J connectivity index is 1.53. The Labute approximate surface area is 181 Å². The first-order valence-corrected chi connectivity index (χ1v) is 11.7. The zero-order valence-corrected chi connectivity index (χ0v) is 18.1. The second-order valence-electron chi connectivity index (χ2n) is 7.77. The van der Waals surface area contributed by atoms with E-state index in [0.717, 1.165) is 19.3 Å². The Morgan fingerprint density at radius 2 is 1.87 bits per heavy atom. The highest BCUT2D eigenvalue weighted by molar-refractivity contribution is 7.89. The Morgan fingerprint density at radius 1 is 1.10 bits per heavy atom. The molecule has 0 saturated carbocycles. The first kappa shape index (κ1) is 21.4. The van der Waals surface area contributed by atoms with Crippen LogP contribution < -0.4 is 5.32 Å². The maximum absolute atomic E-state index is 13.5. The van der Waals surface area contributed by atoms with Gasteiger partial charge in [0, 0.05) is 36.8 Å². The number of hydrogen-bond acceptors (Lipinski definition) is 4. The maximum atomic E-state index is 13.5. The van der Waals surface area contributed by atoms with Crippen LogP contribution in [0.1, 0.15) is 40.9 Å². The van der Waals surface area contributed by atoms with Gasteiger partial charge in [-0.3, -0.25) is 9.78 Å². The summed E-state index contributed by atoms with van der Waals surface area (Å²) in [6.45, 7) is 3.00. The fourth-order valence-electron chi connectivity index (χ4n) is 3.87. The molecule has 0 unspecified atom stereocenters. The molecule has 1 aromatic heterocycles. The molecule has 6 nitrogen and oxygen atoms in total. The molecule has 0 bridgehead atoms. The monoisotopic (exact) mass is 441 g/mol. The number of halogens is 1. The minimum atomic E-state index is -3.54. The van der Waals surface area contributed by atoms with E-state index >= 15 is 0 Å². The van der Waals surface area contributed by atoms with Crippen molar-refractivity contribution in [2.75, 3.05) is 13.1 Å². The summed E-state index contributed by atoms with van der Waals surface area (Å²) in [7, 11) is -3.54. The molecule has 4 rings (SSSR count). The highest BCUT2D eigenvalue weighted by Crippen LogP contribution is 2.22. The van der Waals surface area contributed by atoms with Gasteiger partial charge in [-0.25, -0.2) is 12.8 Å². The van der Waals surface area contributed by atoms with Crippen molar-refractivity contribution >= 4 is 26.8 Å². The molecular formula is C23H24FN3O3S. The summed E-state index contributed by atoms with van der Waals surface area (Å²) in [5.41, 5.74) is 2.12. The van der Waals surface area contributed by atoms with Crippen LogP contribution in [0.3, 0.4) is 0 Å². The minimum Gasteiger partial charge on any atom is -0.348 e. The number of aromatic nitrogens is 1. The zero-order valence-electron chi connectivity index (χ0n) is 17.3. The number of carbonyl (C=O) groups excluding carboxylic acids is 1. The quantitative estimate of drug-likeness (QED) is 0.653. The number of amides is 1. The summed E-state index contributed by atoms with van der Waals surface area (Å²) in [6.07, 6.45) is 2.80. The standard InChI is InChI=1S/C23H24FN3O3S/c1-16-12-21(20-9-8-18(24)14-22(20)26-16)23(28)25-15-17-6-5-7-19(13-17)31(29,30)27-10-3-2-4-11-27/h5-9,12-14H,2-4,10-11,15H2,1H3,(H,25,28). The van der Waals surface area contributed by atoms with Gasteiger partial charge in [0.15, 0.2) is 0 Å². The molecule has 2 heterocycles. The van der Waals surface area contributed by atoms with Crippen molar-refractivity contribution in [3.63, 3.8) is 0 Å². The van der Waals surface area contributed by atoms with Crippen LogP contribution in [0.2, 0.25) is 0 Å². The summed E-state index contributed by atoms with van der Waals surface area (Å²) in [4.78, 5) is 17.4. The van der Waals surface area contributed by atoms with Crippen molar-refractivity contribution in [2.45, 2.75) is 37.6 Å². The van der Waals surface area contributed by atoms with Crippen LogP contribution in [0.4, 0.5) is 4.39 Å². The number of aryl methyl sites for hydroxylation is 1. The van der Waals surface area contributed by atoms with Gasteiger partial charge in [0.05, 0.1) is 16.0 Å². The predicted octanol–water partition coefficient (Wildman–Crippen LogP) is 3.79. The molecule has 31 heavy (non-hydrogen) atoms. The molecule has 8 heteroatoms. The SMILES string of the molecule is Cc1cc(C(=O)NCc2cccc(S(=O)(=O)N3CCCCC3)c2)c2ccc(F)cc2n1. The number of sulfonamides is 1. The van der Waals surface area contributed by atoms with Gasteiger partial charge in [-0.15, -0.1) is 0 Å². The van der Waals surface area contributed by atoms with E-state index in [9.17, 15) is 17.6 Å². The number of piperidine rings is 1. The second-order valence-corrected chi connectivity index (χ2v) is 9.71. The Hall–Kier alpha value is -2.84. The van der Waals surface area contributed by atoms with Gasteiger partial charge in [-0.2, -0.15) is 4.31 Å². The number of pyridine rings is 1. The lowest BCUT2D eigenvalue weighted by atomic mass is 10.1. The number of nitrogens with one attached hydrogen (secondary N) is 1. The van der Waals surface area contributed by atoms with E-state index < -0.39 is 15.8 Å². The number of rotatable bonds is 5. The van der Waals surface area contributed by atoms with Gasteiger partial charge in [-0.1, -0.05) is 18.6 Å². The second kappa shape index (κ2) is 8.72. The molecule has 0 radical (unpaired) electrons. The first-order chi connectivity index (χ1) is 14.8. The summed E-state index contributed by atoms with van der Waals surface area (Å²) in [5, 5.41) is 3.40. The Kier molecular flexibility index (Phi) is 6.02. The summed E-state index contributed by atoms with van der Waals surface area (Å²) in [6, 6.07) is 12.5. The number of nitrogens with zero attached hydrogens (tertiary/aromatic N) is 2. The Bertz CT molecular complexity index is 1230. The van der Waals surface area contributed by atoms with E-state index in [-0.39, 0.29) is 17.3 Å². The average Bonchev–Trinajstić information content (AvgIpc) is 2.77. The first-order valence-electron chi connectivity index (χ1n) is 10.3. The summed E-state index contributed by atoms with van der Waals surface area (Å²) in [5.74, 6) is -0.741. The van der Waals surface area contributed by atoms with Gasteiger partial charge < -0.3 is 5.32 Å². The van der Waals surface area contributed by atoms with Crippen molar-refractivity contribution in [2.24, 2.45) is 0 Å². The molecule has 0 aliphatic carbocycles. The Morgan fingerprint density at radius 3 is 2.65 bits per heavy atom. The van der Waals surface area contributed by atoms with Crippen molar-refractivity contribution in [1.29, 1.82) is 0 Å². The number of fused-ring (bicyclic) bond motifs is 1. The van der Waals surface area contributed by atoms with Gasteiger partial charge in [0.1, 0.15) is 5.82 Å². The smallest absolute Gasteiger partial charge is 0.252 e. The van der Waals surface area contributed by atoms with Crippen molar-refractivity contribution in [3.8, 4) is 0 Å². The van der Waals surface area contributed by atoms with Gasteiger partial charge in [-0.05, 0) is 55.7 Å². The third kappa shape index (κ3) is 4.60. The number of benzene rings is 2. The molecule has 0 atom stereocenters. The topological polar surface area (TPSA) is 79.4 Å². The third-order valence-electron chi connectivity index (χ3n) is 5.45. The zero-order chi connectivity index (χ0) is 22.0. The molecule has 1 amide bonds. The van der Waals surface area contributed by atoms with Gasteiger partial charge in [0.2, 0.25) is 10.0 Å². The van der Waals surface area contributed by atoms with E-state index in [1.807, 2.05) is 0 Å². The molecule has 2 aromatic carbocycles. The summed E-state index contributed by atoms with van der Waals surface area (Å²) < 4.78 is 40.9. The lowest BCUT2D eigenvalue weighted by molar-refractivity contribution is 0.0952. The number of hydrogen-bond donors (Lipinski definition) is 1. The van der Waals surface area contributed by atoms with Crippen LogP contribution in [-0.4, -0.2) is 36.7 Å². The van der Waals surface area contributed by atoms with Crippen LogP contribution in [0.15, 0.2) is 53.4 Å². The largest absolute Gasteiger partial charge is 0.348 e. The van der Waals surface area contributed by atoms with E-state index in [1.54, 1.807) is 37.3 Å². The number of carbonyl (C=O) groups is 1. The maximum Gasteiger partial charge on any atom is 0.252 e. The van der Waals surface area contributed by atoms with Crippen LogP contribution in [0, 0.1) is 12.7 Å². The lowest BCUT2D eigenvalue weighted by Gasteiger charge is -2.26. The van der Waals surface area contributed by atoms with Crippen LogP contribution in [0.5, 0.6) is 0 Å². The van der Waals surface area contributed by atoms with E-state index in [4.69, 9.17) is 0 Å². The van der Waals surface area contributed by atoms with E-state index in [2.05, 4.69) is 10.3 Å². The highest BCUT2D eigenvalue weighted by atomic mass is 32.2. The lowest BCUT2D eigenvalue weighted by Crippen LogP contribution is -2.35. The molecular weight excluding hydrogens is 417 g/mol. The van der Waals surface area contributed by atoms with Gasteiger partial charge >= 0.3 is 0 Å². The molecule has 3 aromatic rings. The fourth-order valence-corrected chi connectivity index (χ4v) is 5.46. The van der Waals surface area contributed by atoms with Crippen molar-refractivity contribution in [3.05, 3.63) is 71.2 Å². The van der Waals surface area contributed by atoms with Gasteiger partial charge in [0.25, 0.3) is 5.91 Å². The van der Waals surface area contributed by atoms with E-state index in [1.165, 1.54) is 22.5 Å². The fraction of sp³-hybridized carbons (Fsp3) is 0.304. The molecule has 1 aliphatic rings. The molecule has 0 spiro atoms. The predicted molar refractivity (Wildman–Crippen MR) is 117 cm³/mol. The molecule has 1 N–H and O–H groups in total. The van der Waals surface area contributed by atoms with Crippen molar-refractivity contribution in [1.82, 2.24) is 14.6 Å². The highest BCUT2D eigenvalue weighted by Gasteiger charge is 2.26. The van der Waals surface area contributed by atoms with Crippen molar-refractivity contribution < 1.29 is 17.6 Å². The van der Waals surface area contributed by atoms with E-state index in [0.29, 0.717) is 40.8 Å². The molecule has 1 saturated heterocycles. The molecule has 1 fully saturated rings. The normalized spacial score (nSPS) is 15.2. The minimum absolute atomic E-state index is 0.173. The van der Waals surface area contributed by atoms with Crippen LogP contribution >= 0.6 is 0 Å². The average molecular weight is 442 g/mol. The van der Waals surface area contributed by atoms with Crippen LogP contribution in [0.25, 0.3) is 10.9 Å². The summed E-state index contributed by atoms with van der Waals surface area (Å²) >= 11 is 0. The van der Waals surface area contributed by atoms with Crippen LogP contribution in [-0.2, 0) is 16.6 Å².